The van der Waals surface area contributed by atoms with Gasteiger partial charge in [-0.2, -0.15) is 0 Å². The van der Waals surface area contributed by atoms with E-state index in [4.69, 9.17) is 14.2 Å². The van der Waals surface area contributed by atoms with Crippen molar-refractivity contribution in [2.24, 2.45) is 0 Å². The number of unbranched alkanes of at least 4 members (excludes halogenated alkanes) is 30. The summed E-state index contributed by atoms with van der Waals surface area (Å²) in [5, 5.41) is 0. The van der Waals surface area contributed by atoms with Crippen molar-refractivity contribution in [3.8, 4) is 0 Å². The summed E-state index contributed by atoms with van der Waals surface area (Å²) in [4.78, 5) is 38.2. The lowest BCUT2D eigenvalue weighted by molar-refractivity contribution is -0.167. The molecular formula is C63H110O6. The van der Waals surface area contributed by atoms with Gasteiger partial charge in [-0.15, -0.1) is 0 Å². The molecule has 0 N–H and O–H groups in total. The van der Waals surface area contributed by atoms with E-state index >= 15 is 0 Å². The van der Waals surface area contributed by atoms with Gasteiger partial charge in [0.15, 0.2) is 6.10 Å². The van der Waals surface area contributed by atoms with Crippen LogP contribution < -0.4 is 0 Å². The molecule has 6 nitrogen and oxygen atoms in total. The van der Waals surface area contributed by atoms with Crippen LogP contribution in [0.1, 0.15) is 290 Å². The molecule has 0 aromatic heterocycles. The third kappa shape index (κ3) is 55.6. The highest BCUT2D eigenvalue weighted by molar-refractivity contribution is 5.71. The van der Waals surface area contributed by atoms with Crippen molar-refractivity contribution in [2.75, 3.05) is 13.2 Å². The number of hydrogen-bond donors (Lipinski definition) is 0. The highest BCUT2D eigenvalue weighted by Crippen LogP contribution is 2.16. The summed E-state index contributed by atoms with van der Waals surface area (Å²) in [7, 11) is 0. The fourth-order valence-electron chi connectivity index (χ4n) is 8.22. The van der Waals surface area contributed by atoms with Gasteiger partial charge >= 0.3 is 17.9 Å². The van der Waals surface area contributed by atoms with Gasteiger partial charge in [-0.05, 0) is 96.3 Å². The number of allylic oxidation sites excluding steroid dienone is 12. The zero-order valence-corrected chi connectivity index (χ0v) is 45.6. The SMILES string of the molecule is CCCCC/C=C/C/C=C/C/C=C/C/C=C/CCCCCC(=O)OC[C@@H](COC(=O)CCCCCCC/C=C/C/C=C/CCCCC)OC(=O)CCCCCCCCCCCCCCCCCCC. The van der Waals surface area contributed by atoms with Crippen molar-refractivity contribution >= 4 is 17.9 Å². The highest BCUT2D eigenvalue weighted by Gasteiger charge is 2.19. The van der Waals surface area contributed by atoms with Gasteiger partial charge < -0.3 is 14.2 Å². The molecule has 398 valence electrons. The van der Waals surface area contributed by atoms with Gasteiger partial charge in [0, 0.05) is 19.3 Å². The third-order valence-corrected chi connectivity index (χ3v) is 12.7. The van der Waals surface area contributed by atoms with E-state index in [2.05, 4.69) is 93.7 Å². The molecule has 6 heteroatoms. The molecule has 0 saturated heterocycles. The molecule has 1 atom stereocenters. The molecule has 0 aliphatic rings. The summed E-state index contributed by atoms with van der Waals surface area (Å²) < 4.78 is 16.9. The number of carbonyl (C=O) groups is 3. The largest absolute Gasteiger partial charge is 0.462 e. The Hall–Kier alpha value is -3.15. The number of hydrogen-bond acceptors (Lipinski definition) is 6. The summed E-state index contributed by atoms with van der Waals surface area (Å²) >= 11 is 0. The lowest BCUT2D eigenvalue weighted by Gasteiger charge is -2.18. The van der Waals surface area contributed by atoms with Gasteiger partial charge in [-0.3, -0.25) is 14.4 Å². The topological polar surface area (TPSA) is 78.9 Å². The molecule has 0 aromatic rings. The maximum absolute atomic E-state index is 12.9. The minimum atomic E-state index is -0.793. The van der Waals surface area contributed by atoms with Gasteiger partial charge in [0.05, 0.1) is 0 Å². The Morgan fingerprint density at radius 1 is 0.290 bits per heavy atom. The molecule has 0 rings (SSSR count). The number of esters is 3. The first-order valence-electron chi connectivity index (χ1n) is 29.4. The molecule has 0 bridgehead atoms. The van der Waals surface area contributed by atoms with Gasteiger partial charge in [0.25, 0.3) is 0 Å². The summed E-state index contributed by atoms with van der Waals surface area (Å²) in [5.74, 6) is -0.924. The van der Waals surface area contributed by atoms with Crippen LogP contribution in [-0.4, -0.2) is 37.2 Å². The molecule has 0 aliphatic heterocycles. The van der Waals surface area contributed by atoms with E-state index in [0.717, 1.165) is 103 Å². The molecule has 0 heterocycles. The second-order valence-corrected chi connectivity index (χ2v) is 19.6. The van der Waals surface area contributed by atoms with E-state index in [1.54, 1.807) is 0 Å². The molecule has 0 saturated carbocycles. The summed E-state index contributed by atoms with van der Waals surface area (Å²) in [6.45, 7) is 6.57. The van der Waals surface area contributed by atoms with E-state index < -0.39 is 6.10 Å². The summed E-state index contributed by atoms with van der Waals surface area (Å²) in [6.07, 6.45) is 73.1. The van der Waals surface area contributed by atoms with E-state index in [1.165, 1.54) is 148 Å². The Bertz CT molecular complexity index is 1290. The van der Waals surface area contributed by atoms with Crippen molar-refractivity contribution in [3.63, 3.8) is 0 Å². The lowest BCUT2D eigenvalue weighted by Crippen LogP contribution is -2.30. The Kier molecular flexibility index (Phi) is 54.8. The van der Waals surface area contributed by atoms with Crippen molar-refractivity contribution in [1.82, 2.24) is 0 Å². The number of carbonyl (C=O) groups excluding carboxylic acids is 3. The van der Waals surface area contributed by atoms with Crippen molar-refractivity contribution < 1.29 is 28.6 Å². The predicted octanol–water partition coefficient (Wildman–Crippen LogP) is 19.8. The zero-order chi connectivity index (χ0) is 50.0. The van der Waals surface area contributed by atoms with Crippen molar-refractivity contribution in [2.45, 2.75) is 297 Å². The summed E-state index contributed by atoms with van der Waals surface area (Å²) in [5.41, 5.74) is 0. The smallest absolute Gasteiger partial charge is 0.306 e. The maximum Gasteiger partial charge on any atom is 0.306 e. The monoisotopic (exact) mass is 963 g/mol. The fraction of sp³-hybridized carbons (Fsp3) is 0.762. The molecule has 0 unspecified atom stereocenters. The van der Waals surface area contributed by atoms with Crippen LogP contribution in [0.4, 0.5) is 0 Å². The average molecular weight is 964 g/mol. The van der Waals surface area contributed by atoms with E-state index in [0.29, 0.717) is 19.3 Å². The summed E-state index contributed by atoms with van der Waals surface area (Å²) in [6, 6.07) is 0. The standard InChI is InChI=1S/C63H110O6/c1-4-7-10-13-16-19-22-25-28-30-31-33-35-38-41-44-47-50-53-56-62(65)68-59-60(58-67-61(64)55-52-49-46-43-40-37-34-27-24-21-18-15-12-9-6-3)69-63(66)57-54-51-48-45-42-39-36-32-29-26-23-20-17-14-11-8-5-2/h16,18-19,21,25,27-28,31,33-34,38,41,60H,4-15,17,20,22-24,26,29-30,32,35-37,39-40,42-59H2,1-3H3/b19-16+,21-18+,28-25+,33-31+,34-27+,41-38+/t60-/m1/s1. The molecule has 0 radical (unpaired) electrons. The Labute approximate surface area is 427 Å². The van der Waals surface area contributed by atoms with Crippen LogP contribution >= 0.6 is 0 Å². The first kappa shape index (κ1) is 65.8. The van der Waals surface area contributed by atoms with Crippen LogP contribution in [0.15, 0.2) is 72.9 Å². The molecule has 69 heavy (non-hydrogen) atoms. The van der Waals surface area contributed by atoms with E-state index in [9.17, 15) is 14.4 Å². The average Bonchev–Trinajstić information content (AvgIpc) is 3.35. The molecule has 0 aliphatic carbocycles. The number of rotatable bonds is 53. The minimum Gasteiger partial charge on any atom is -0.462 e. The van der Waals surface area contributed by atoms with Gasteiger partial charge in [0.1, 0.15) is 13.2 Å². The highest BCUT2D eigenvalue weighted by atomic mass is 16.6. The number of ether oxygens (including phenoxy) is 3. The molecular weight excluding hydrogens is 853 g/mol. The maximum atomic E-state index is 12.9. The van der Waals surface area contributed by atoms with Crippen LogP contribution in [0.25, 0.3) is 0 Å². The zero-order valence-electron chi connectivity index (χ0n) is 45.6. The van der Waals surface area contributed by atoms with Crippen LogP contribution in [-0.2, 0) is 28.6 Å². The van der Waals surface area contributed by atoms with Crippen LogP contribution in [0.3, 0.4) is 0 Å². The second kappa shape index (κ2) is 57.4. The first-order chi connectivity index (χ1) is 34.0. The molecule has 0 amide bonds. The van der Waals surface area contributed by atoms with Crippen LogP contribution in [0.5, 0.6) is 0 Å². The third-order valence-electron chi connectivity index (χ3n) is 12.7. The fourth-order valence-corrected chi connectivity index (χ4v) is 8.22. The van der Waals surface area contributed by atoms with Gasteiger partial charge in [0.2, 0.25) is 0 Å². The Morgan fingerprint density at radius 2 is 0.522 bits per heavy atom. The first-order valence-corrected chi connectivity index (χ1v) is 29.4. The van der Waals surface area contributed by atoms with Crippen molar-refractivity contribution in [1.29, 1.82) is 0 Å². The second-order valence-electron chi connectivity index (χ2n) is 19.6. The lowest BCUT2D eigenvalue weighted by atomic mass is 10.0. The van der Waals surface area contributed by atoms with E-state index in [-0.39, 0.29) is 31.1 Å². The normalized spacial score (nSPS) is 12.6. The van der Waals surface area contributed by atoms with Gasteiger partial charge in [-0.25, -0.2) is 0 Å². The van der Waals surface area contributed by atoms with Crippen molar-refractivity contribution in [3.05, 3.63) is 72.9 Å². The van der Waals surface area contributed by atoms with Gasteiger partial charge in [-0.1, -0.05) is 248 Å². The quantitative estimate of drug-likeness (QED) is 0.0262. The van der Waals surface area contributed by atoms with E-state index in [1.807, 2.05) is 0 Å². The molecule has 0 aromatic carbocycles. The molecule has 0 spiro atoms. The predicted molar refractivity (Wildman–Crippen MR) is 298 cm³/mol. The minimum absolute atomic E-state index is 0.0910. The molecule has 0 fully saturated rings. The Balaban J connectivity index is 4.44. The Morgan fingerprint density at radius 3 is 0.855 bits per heavy atom. The van der Waals surface area contributed by atoms with Crippen LogP contribution in [0, 0.1) is 0 Å². The van der Waals surface area contributed by atoms with Crippen LogP contribution in [0.2, 0.25) is 0 Å².